The summed E-state index contributed by atoms with van der Waals surface area (Å²) < 4.78 is 0. The molecule has 1 amide bonds. The maximum atomic E-state index is 12.4. The average Bonchev–Trinajstić information content (AvgIpc) is 2.98. The van der Waals surface area contributed by atoms with Crippen molar-refractivity contribution in [1.82, 2.24) is 0 Å². The lowest BCUT2D eigenvalue weighted by Gasteiger charge is -2.26. The Morgan fingerprint density at radius 1 is 1.22 bits per heavy atom. The van der Waals surface area contributed by atoms with Crippen LogP contribution in [0.4, 0.5) is 17.1 Å². The van der Waals surface area contributed by atoms with E-state index in [1.807, 2.05) is 25.1 Å². The molecule has 118 valence electrons. The fourth-order valence-corrected chi connectivity index (χ4v) is 2.82. The SMILES string of the molecule is CC(C(=O)Nc1ccc([N+](=O)[O-])cc1)N1CCc2ccccc21. The van der Waals surface area contributed by atoms with E-state index in [0.717, 1.165) is 18.7 Å². The zero-order valence-corrected chi connectivity index (χ0v) is 12.7. The highest BCUT2D eigenvalue weighted by Gasteiger charge is 2.27. The second kappa shape index (κ2) is 6.08. The highest BCUT2D eigenvalue weighted by atomic mass is 16.6. The molecule has 0 aliphatic carbocycles. The normalized spacial score (nSPS) is 14.2. The summed E-state index contributed by atoms with van der Waals surface area (Å²) in [5.41, 5.74) is 2.91. The van der Waals surface area contributed by atoms with Gasteiger partial charge in [-0.1, -0.05) is 18.2 Å². The van der Waals surface area contributed by atoms with Crippen LogP contribution in [0.1, 0.15) is 12.5 Å². The molecule has 1 unspecified atom stereocenters. The third-order valence-electron chi connectivity index (χ3n) is 4.12. The Hall–Kier alpha value is -2.89. The minimum Gasteiger partial charge on any atom is -0.359 e. The summed E-state index contributed by atoms with van der Waals surface area (Å²) in [5, 5.41) is 13.5. The van der Waals surface area contributed by atoms with Gasteiger partial charge in [-0.2, -0.15) is 0 Å². The first-order chi connectivity index (χ1) is 11.1. The summed E-state index contributed by atoms with van der Waals surface area (Å²) in [6, 6.07) is 13.6. The van der Waals surface area contributed by atoms with Crippen molar-refractivity contribution >= 4 is 23.0 Å². The predicted molar refractivity (Wildman–Crippen MR) is 88.7 cm³/mol. The topological polar surface area (TPSA) is 75.5 Å². The maximum absolute atomic E-state index is 12.4. The summed E-state index contributed by atoms with van der Waals surface area (Å²) in [6.07, 6.45) is 0.936. The molecule has 6 heteroatoms. The van der Waals surface area contributed by atoms with E-state index < -0.39 is 4.92 Å². The third kappa shape index (κ3) is 3.01. The van der Waals surface area contributed by atoms with Gasteiger partial charge in [0.05, 0.1) is 4.92 Å². The second-order valence-electron chi connectivity index (χ2n) is 5.54. The number of para-hydroxylation sites is 1. The number of benzene rings is 2. The van der Waals surface area contributed by atoms with E-state index >= 15 is 0 Å². The summed E-state index contributed by atoms with van der Waals surface area (Å²) in [7, 11) is 0. The molecule has 0 aromatic heterocycles. The van der Waals surface area contributed by atoms with Gasteiger partial charge in [0.25, 0.3) is 5.69 Å². The number of non-ortho nitro benzene ring substituents is 1. The number of rotatable bonds is 4. The van der Waals surface area contributed by atoms with Crippen LogP contribution in [0.2, 0.25) is 0 Å². The van der Waals surface area contributed by atoms with Gasteiger partial charge in [-0.15, -0.1) is 0 Å². The highest BCUT2D eigenvalue weighted by Crippen LogP contribution is 2.29. The van der Waals surface area contributed by atoms with Crippen LogP contribution >= 0.6 is 0 Å². The minimum atomic E-state index is -0.463. The summed E-state index contributed by atoms with van der Waals surface area (Å²) in [4.78, 5) is 24.7. The van der Waals surface area contributed by atoms with Gasteiger partial charge in [-0.05, 0) is 37.1 Å². The molecule has 0 radical (unpaired) electrons. The Labute approximate surface area is 133 Å². The molecular weight excluding hydrogens is 294 g/mol. The lowest BCUT2D eigenvalue weighted by atomic mass is 10.1. The van der Waals surface area contributed by atoms with Crippen molar-refractivity contribution in [2.45, 2.75) is 19.4 Å². The number of nitro benzene ring substituents is 1. The van der Waals surface area contributed by atoms with Gasteiger partial charge in [0.2, 0.25) is 5.91 Å². The van der Waals surface area contributed by atoms with E-state index in [9.17, 15) is 14.9 Å². The molecule has 0 saturated heterocycles. The number of amides is 1. The number of nitro groups is 1. The number of carbonyl (C=O) groups excluding carboxylic acids is 1. The van der Waals surface area contributed by atoms with E-state index in [1.165, 1.54) is 17.7 Å². The average molecular weight is 311 g/mol. The first kappa shape index (κ1) is 15.0. The van der Waals surface area contributed by atoms with Gasteiger partial charge in [-0.3, -0.25) is 14.9 Å². The number of nitrogens with one attached hydrogen (secondary N) is 1. The molecule has 6 nitrogen and oxygen atoms in total. The van der Waals surface area contributed by atoms with Crippen molar-refractivity contribution in [1.29, 1.82) is 0 Å². The zero-order chi connectivity index (χ0) is 16.4. The number of hydrogen-bond donors (Lipinski definition) is 1. The molecule has 1 heterocycles. The van der Waals surface area contributed by atoms with E-state index in [0.29, 0.717) is 5.69 Å². The Balaban J connectivity index is 1.70. The number of anilines is 2. The van der Waals surface area contributed by atoms with E-state index in [4.69, 9.17) is 0 Å². The van der Waals surface area contributed by atoms with Gasteiger partial charge in [-0.25, -0.2) is 0 Å². The third-order valence-corrected chi connectivity index (χ3v) is 4.12. The van der Waals surface area contributed by atoms with Crippen molar-refractivity contribution in [2.75, 3.05) is 16.8 Å². The van der Waals surface area contributed by atoms with E-state index in [2.05, 4.69) is 16.3 Å². The van der Waals surface area contributed by atoms with Crippen LogP contribution in [0.25, 0.3) is 0 Å². The molecule has 2 aromatic rings. The predicted octanol–water partition coefficient (Wildman–Crippen LogP) is 2.98. The summed E-state index contributed by atoms with van der Waals surface area (Å²) in [6.45, 7) is 2.68. The Morgan fingerprint density at radius 3 is 2.61 bits per heavy atom. The van der Waals surface area contributed by atoms with Crippen molar-refractivity contribution in [3.05, 3.63) is 64.2 Å². The molecule has 1 aliphatic heterocycles. The molecule has 2 aromatic carbocycles. The molecule has 1 aliphatic rings. The van der Waals surface area contributed by atoms with Crippen molar-refractivity contribution in [3.63, 3.8) is 0 Å². The minimum absolute atomic E-state index is 0.00418. The smallest absolute Gasteiger partial charge is 0.269 e. The van der Waals surface area contributed by atoms with E-state index in [1.54, 1.807) is 12.1 Å². The van der Waals surface area contributed by atoms with Gasteiger partial charge >= 0.3 is 0 Å². The van der Waals surface area contributed by atoms with Crippen LogP contribution in [-0.2, 0) is 11.2 Å². The van der Waals surface area contributed by atoms with Gasteiger partial charge in [0.15, 0.2) is 0 Å². The Kier molecular flexibility index (Phi) is 3.97. The van der Waals surface area contributed by atoms with Crippen LogP contribution < -0.4 is 10.2 Å². The van der Waals surface area contributed by atoms with E-state index in [-0.39, 0.29) is 17.6 Å². The fourth-order valence-electron chi connectivity index (χ4n) is 2.82. The number of fused-ring (bicyclic) bond motifs is 1. The molecule has 0 bridgehead atoms. The first-order valence-corrected chi connectivity index (χ1v) is 7.46. The highest BCUT2D eigenvalue weighted by molar-refractivity contribution is 5.97. The van der Waals surface area contributed by atoms with Crippen LogP contribution in [0.3, 0.4) is 0 Å². The maximum Gasteiger partial charge on any atom is 0.269 e. The van der Waals surface area contributed by atoms with Crippen LogP contribution in [0.15, 0.2) is 48.5 Å². The van der Waals surface area contributed by atoms with Crippen molar-refractivity contribution < 1.29 is 9.72 Å². The van der Waals surface area contributed by atoms with Gasteiger partial charge < -0.3 is 10.2 Å². The largest absolute Gasteiger partial charge is 0.359 e. The molecule has 23 heavy (non-hydrogen) atoms. The quantitative estimate of drug-likeness (QED) is 0.695. The number of carbonyl (C=O) groups is 1. The fraction of sp³-hybridized carbons (Fsp3) is 0.235. The standard InChI is InChI=1S/C17H17N3O3/c1-12(19-11-10-13-4-2-3-5-16(13)19)17(21)18-14-6-8-15(9-7-14)20(22)23/h2-9,12H,10-11H2,1H3,(H,18,21). The van der Waals surface area contributed by atoms with Crippen LogP contribution in [0, 0.1) is 10.1 Å². The van der Waals surface area contributed by atoms with Crippen molar-refractivity contribution in [3.8, 4) is 0 Å². The molecule has 3 rings (SSSR count). The summed E-state index contributed by atoms with van der Waals surface area (Å²) in [5.74, 6) is -0.129. The lowest BCUT2D eigenvalue weighted by Crippen LogP contribution is -2.41. The zero-order valence-electron chi connectivity index (χ0n) is 12.7. The van der Waals surface area contributed by atoms with Gasteiger partial charge in [0, 0.05) is 30.1 Å². The van der Waals surface area contributed by atoms with Crippen LogP contribution in [-0.4, -0.2) is 23.4 Å². The Morgan fingerprint density at radius 2 is 1.91 bits per heavy atom. The molecule has 1 N–H and O–H groups in total. The monoisotopic (exact) mass is 311 g/mol. The number of hydrogen-bond acceptors (Lipinski definition) is 4. The lowest BCUT2D eigenvalue weighted by molar-refractivity contribution is -0.384. The molecule has 0 fully saturated rings. The van der Waals surface area contributed by atoms with Crippen molar-refractivity contribution in [2.24, 2.45) is 0 Å². The Bertz CT molecular complexity index is 743. The molecule has 1 atom stereocenters. The molecule has 0 spiro atoms. The van der Waals surface area contributed by atoms with Gasteiger partial charge in [0.1, 0.15) is 6.04 Å². The summed E-state index contributed by atoms with van der Waals surface area (Å²) >= 11 is 0. The second-order valence-corrected chi connectivity index (χ2v) is 5.54. The molecular formula is C17H17N3O3. The van der Waals surface area contributed by atoms with Crippen LogP contribution in [0.5, 0.6) is 0 Å². The molecule has 0 saturated carbocycles. The number of nitrogens with zero attached hydrogens (tertiary/aromatic N) is 2. The first-order valence-electron chi connectivity index (χ1n) is 7.46.